The lowest BCUT2D eigenvalue weighted by Gasteiger charge is -2.09. The van der Waals surface area contributed by atoms with Crippen molar-refractivity contribution >= 4 is 17.4 Å². The maximum Gasteiger partial charge on any atom is 0.142 e. The van der Waals surface area contributed by atoms with Crippen LogP contribution in [-0.2, 0) is 0 Å². The number of nitrogens with zero attached hydrogens (tertiary/aromatic N) is 3. The van der Waals surface area contributed by atoms with E-state index in [0.29, 0.717) is 17.2 Å². The highest BCUT2D eigenvalue weighted by Gasteiger charge is 2.13. The predicted octanol–water partition coefficient (Wildman–Crippen LogP) is 3.15. The lowest BCUT2D eigenvalue weighted by molar-refractivity contribution is 0.475. The first kappa shape index (κ1) is 13.3. The van der Waals surface area contributed by atoms with Gasteiger partial charge in [0.25, 0.3) is 0 Å². The summed E-state index contributed by atoms with van der Waals surface area (Å²) in [5.74, 6) is 0.342. The molecular weight excluding hydrogens is 288 g/mol. The first-order chi connectivity index (χ1) is 10.1. The molecule has 21 heavy (non-hydrogen) atoms. The Hall–Kier alpha value is -2.66. The second kappa shape index (κ2) is 5.38. The Balaban J connectivity index is 2.21. The molecule has 0 aliphatic rings. The van der Waals surface area contributed by atoms with Crippen LogP contribution in [0.1, 0.15) is 0 Å². The smallest absolute Gasteiger partial charge is 0.142 e. The van der Waals surface area contributed by atoms with Gasteiger partial charge in [-0.1, -0.05) is 11.6 Å². The van der Waals surface area contributed by atoms with Gasteiger partial charge >= 0.3 is 0 Å². The van der Waals surface area contributed by atoms with Crippen molar-refractivity contribution in [2.45, 2.75) is 0 Å². The molecule has 3 N–H and O–H groups in total. The number of rotatable bonds is 2. The zero-order valence-electron chi connectivity index (χ0n) is 10.9. The third-order valence-corrected chi connectivity index (χ3v) is 3.25. The van der Waals surface area contributed by atoms with E-state index in [4.69, 9.17) is 17.3 Å². The number of hydrogen-bond acceptors (Lipinski definition) is 5. The van der Waals surface area contributed by atoms with Crippen molar-refractivity contribution in [1.82, 2.24) is 15.0 Å². The Bertz CT molecular complexity index is 793. The molecule has 2 aromatic heterocycles. The zero-order chi connectivity index (χ0) is 14.8. The first-order valence-electron chi connectivity index (χ1n) is 6.17. The van der Waals surface area contributed by atoms with E-state index in [1.165, 1.54) is 12.3 Å². The van der Waals surface area contributed by atoms with Gasteiger partial charge in [-0.25, -0.2) is 4.98 Å². The van der Waals surface area contributed by atoms with Crippen LogP contribution in [0.25, 0.3) is 22.5 Å². The molecule has 0 bridgehead atoms. The lowest BCUT2D eigenvalue weighted by atomic mass is 10.1. The maximum atomic E-state index is 9.52. The molecule has 104 valence electrons. The van der Waals surface area contributed by atoms with Crippen LogP contribution < -0.4 is 5.73 Å². The molecule has 0 atom stereocenters. The topological polar surface area (TPSA) is 84.9 Å². The highest BCUT2D eigenvalue weighted by atomic mass is 35.5. The van der Waals surface area contributed by atoms with Crippen molar-refractivity contribution in [2.75, 3.05) is 5.73 Å². The number of aromatic nitrogens is 3. The molecule has 0 unspecified atom stereocenters. The van der Waals surface area contributed by atoms with Crippen molar-refractivity contribution in [3.05, 3.63) is 53.9 Å². The number of hydrogen-bond donors (Lipinski definition) is 2. The third-order valence-electron chi connectivity index (χ3n) is 2.95. The van der Waals surface area contributed by atoms with Gasteiger partial charge < -0.3 is 10.8 Å². The van der Waals surface area contributed by atoms with Crippen LogP contribution in [0, 0.1) is 0 Å². The Morgan fingerprint density at radius 1 is 1.05 bits per heavy atom. The van der Waals surface area contributed by atoms with Gasteiger partial charge in [0.2, 0.25) is 0 Å². The summed E-state index contributed by atoms with van der Waals surface area (Å²) in [7, 11) is 0. The first-order valence-corrected chi connectivity index (χ1v) is 6.55. The molecule has 0 spiro atoms. The summed E-state index contributed by atoms with van der Waals surface area (Å²) >= 11 is 5.96. The Morgan fingerprint density at radius 3 is 2.62 bits per heavy atom. The summed E-state index contributed by atoms with van der Waals surface area (Å²) in [6.07, 6.45) is 4.85. The van der Waals surface area contributed by atoms with E-state index < -0.39 is 0 Å². The van der Waals surface area contributed by atoms with Crippen molar-refractivity contribution in [3.63, 3.8) is 0 Å². The molecule has 3 aromatic rings. The van der Waals surface area contributed by atoms with E-state index in [1.54, 1.807) is 24.5 Å². The quantitative estimate of drug-likeness (QED) is 0.759. The maximum absolute atomic E-state index is 9.52. The summed E-state index contributed by atoms with van der Waals surface area (Å²) in [5, 5.41) is 9.78. The van der Waals surface area contributed by atoms with E-state index in [2.05, 4.69) is 15.0 Å². The standard InChI is InChI=1S/C15H11ClN4O/c16-11-6-9(3-4-12(11)21)14-15(20-13(17)8-19-14)10-2-1-5-18-7-10/h1-8,21H,(H2,17,20). The van der Waals surface area contributed by atoms with Gasteiger partial charge in [-0.05, 0) is 30.3 Å². The number of nitrogen functional groups attached to an aromatic ring is 1. The fourth-order valence-electron chi connectivity index (χ4n) is 1.97. The van der Waals surface area contributed by atoms with Crippen molar-refractivity contribution in [3.8, 4) is 28.3 Å². The van der Waals surface area contributed by atoms with Gasteiger partial charge in [-0.2, -0.15) is 0 Å². The van der Waals surface area contributed by atoms with Crippen LogP contribution in [0.2, 0.25) is 5.02 Å². The molecule has 0 saturated carbocycles. The van der Waals surface area contributed by atoms with Gasteiger partial charge in [-0.3, -0.25) is 9.97 Å². The monoisotopic (exact) mass is 298 g/mol. The van der Waals surface area contributed by atoms with Crippen LogP contribution in [0.4, 0.5) is 5.82 Å². The molecule has 2 heterocycles. The van der Waals surface area contributed by atoms with Gasteiger partial charge in [0.05, 0.1) is 16.9 Å². The lowest BCUT2D eigenvalue weighted by Crippen LogP contribution is -1.98. The number of nitrogens with two attached hydrogens (primary N) is 1. The van der Waals surface area contributed by atoms with E-state index in [1.807, 2.05) is 12.1 Å². The number of anilines is 1. The second-order valence-electron chi connectivity index (χ2n) is 4.40. The predicted molar refractivity (Wildman–Crippen MR) is 81.8 cm³/mol. The van der Waals surface area contributed by atoms with Gasteiger partial charge in [-0.15, -0.1) is 0 Å². The summed E-state index contributed by atoms with van der Waals surface area (Å²) in [6.45, 7) is 0. The van der Waals surface area contributed by atoms with Crippen LogP contribution in [0.15, 0.2) is 48.9 Å². The summed E-state index contributed by atoms with van der Waals surface area (Å²) in [4.78, 5) is 12.8. The molecule has 0 radical (unpaired) electrons. The minimum Gasteiger partial charge on any atom is -0.506 e. The molecule has 5 nitrogen and oxygen atoms in total. The highest BCUT2D eigenvalue weighted by Crippen LogP contribution is 2.33. The van der Waals surface area contributed by atoms with Crippen LogP contribution in [0.5, 0.6) is 5.75 Å². The number of phenols is 1. The third kappa shape index (κ3) is 2.64. The van der Waals surface area contributed by atoms with Crippen molar-refractivity contribution < 1.29 is 5.11 Å². The molecule has 0 aliphatic heterocycles. The van der Waals surface area contributed by atoms with Crippen LogP contribution >= 0.6 is 11.6 Å². The molecule has 1 aromatic carbocycles. The van der Waals surface area contributed by atoms with Crippen LogP contribution in [0.3, 0.4) is 0 Å². The molecule has 0 fully saturated rings. The molecule has 3 rings (SSSR count). The second-order valence-corrected chi connectivity index (χ2v) is 4.81. The van der Waals surface area contributed by atoms with Crippen molar-refractivity contribution in [1.29, 1.82) is 0 Å². The van der Waals surface area contributed by atoms with E-state index in [0.717, 1.165) is 11.1 Å². The van der Waals surface area contributed by atoms with Crippen molar-refractivity contribution in [2.24, 2.45) is 0 Å². The minimum atomic E-state index is 0.0201. The Kier molecular flexibility index (Phi) is 3.41. The molecule has 0 amide bonds. The van der Waals surface area contributed by atoms with Gasteiger partial charge in [0.1, 0.15) is 17.3 Å². The van der Waals surface area contributed by atoms with Crippen LogP contribution in [-0.4, -0.2) is 20.1 Å². The SMILES string of the molecule is Nc1cnc(-c2ccc(O)c(Cl)c2)c(-c2cccnc2)n1. The molecule has 0 saturated heterocycles. The summed E-state index contributed by atoms with van der Waals surface area (Å²) < 4.78 is 0. The highest BCUT2D eigenvalue weighted by molar-refractivity contribution is 6.32. The van der Waals surface area contributed by atoms with Gasteiger partial charge in [0.15, 0.2) is 0 Å². The normalized spacial score (nSPS) is 10.5. The van der Waals surface area contributed by atoms with E-state index in [9.17, 15) is 5.11 Å². The van der Waals surface area contributed by atoms with Gasteiger partial charge in [0, 0.05) is 23.5 Å². The number of benzene rings is 1. The fraction of sp³-hybridized carbons (Fsp3) is 0. The summed E-state index contributed by atoms with van der Waals surface area (Å²) in [6, 6.07) is 8.57. The Labute approximate surface area is 126 Å². The molecular formula is C15H11ClN4O. The number of pyridine rings is 1. The largest absolute Gasteiger partial charge is 0.506 e. The summed E-state index contributed by atoms with van der Waals surface area (Å²) in [5.41, 5.74) is 8.52. The molecule has 6 heteroatoms. The zero-order valence-corrected chi connectivity index (χ0v) is 11.6. The van der Waals surface area contributed by atoms with E-state index >= 15 is 0 Å². The Morgan fingerprint density at radius 2 is 1.90 bits per heavy atom. The van der Waals surface area contributed by atoms with E-state index in [-0.39, 0.29) is 10.8 Å². The molecule has 0 aliphatic carbocycles. The average Bonchev–Trinajstić information content (AvgIpc) is 2.51. The number of phenolic OH excluding ortho intramolecular Hbond substituents is 1. The number of aromatic hydroxyl groups is 1. The number of halogens is 1. The minimum absolute atomic E-state index is 0.0201. The average molecular weight is 299 g/mol. The fourth-order valence-corrected chi connectivity index (χ4v) is 2.15.